The number of hydrogen-bond acceptors (Lipinski definition) is 5. The van der Waals surface area contributed by atoms with Gasteiger partial charge in [-0.25, -0.2) is 17.5 Å². The summed E-state index contributed by atoms with van der Waals surface area (Å²) >= 11 is 0. The Balaban J connectivity index is 1.74. The van der Waals surface area contributed by atoms with Crippen molar-refractivity contribution in [2.45, 2.75) is 11.4 Å². The number of nitrogens with one attached hydrogen (secondary N) is 2. The van der Waals surface area contributed by atoms with E-state index in [-0.39, 0.29) is 18.7 Å². The first-order valence-electron chi connectivity index (χ1n) is 10.0. The molecule has 2 N–H and O–H groups in total. The molecule has 9 heteroatoms. The molecule has 0 atom stereocenters. The quantitative estimate of drug-likeness (QED) is 0.606. The molecule has 1 aliphatic heterocycles. The van der Waals surface area contributed by atoms with Crippen molar-refractivity contribution < 1.29 is 17.6 Å². The van der Waals surface area contributed by atoms with E-state index in [0.29, 0.717) is 0 Å². The second-order valence-electron chi connectivity index (χ2n) is 7.39. The molecule has 166 valence electrons. The summed E-state index contributed by atoms with van der Waals surface area (Å²) in [5, 5.41) is 2.81. The van der Waals surface area contributed by atoms with Gasteiger partial charge in [0.05, 0.1) is 0 Å². The maximum atomic E-state index is 14.1. The Kier molecular flexibility index (Phi) is 7.42. The third kappa shape index (κ3) is 5.69. The minimum absolute atomic E-state index is 0.0404. The largest absolute Gasteiger partial charge is 0.369 e. The zero-order valence-corrected chi connectivity index (χ0v) is 18.3. The van der Waals surface area contributed by atoms with Gasteiger partial charge in [-0.15, -0.1) is 6.58 Å². The molecule has 7 nitrogen and oxygen atoms in total. The van der Waals surface area contributed by atoms with E-state index in [1.165, 1.54) is 12.1 Å². The van der Waals surface area contributed by atoms with Crippen LogP contribution in [0.1, 0.15) is 15.9 Å². The number of amides is 1. The zero-order chi connectivity index (χ0) is 22.4. The fraction of sp³-hybridized carbons (Fsp3) is 0.318. The Hall–Kier alpha value is -2.75. The van der Waals surface area contributed by atoms with E-state index in [0.717, 1.165) is 49.6 Å². The van der Waals surface area contributed by atoms with Crippen molar-refractivity contribution in [3.05, 3.63) is 72.1 Å². The number of piperazine rings is 1. The van der Waals surface area contributed by atoms with Crippen LogP contribution in [0.3, 0.4) is 0 Å². The van der Waals surface area contributed by atoms with E-state index >= 15 is 0 Å². The second kappa shape index (κ2) is 10.0. The first-order chi connectivity index (χ1) is 14.8. The molecule has 0 spiro atoms. The number of likely N-dealkylation sites (N-methyl/N-ethyl adjacent to an activating group) is 1. The SMILES string of the molecule is C=CCNS(=O)(=O)c1cc(C(=O)NCc2ccccc2N2CCN(C)CC2)ccc1F. The van der Waals surface area contributed by atoms with Crippen molar-refractivity contribution in [2.75, 3.05) is 44.7 Å². The van der Waals surface area contributed by atoms with Gasteiger partial charge in [0.1, 0.15) is 10.7 Å². The molecule has 1 aliphatic rings. The average Bonchev–Trinajstić information content (AvgIpc) is 2.77. The standard InChI is InChI=1S/C22H27FN4O3S/c1-3-10-25-31(29,30)21-15-17(8-9-19(21)23)22(28)24-16-18-6-4-5-7-20(18)27-13-11-26(2)12-14-27/h3-9,15,25H,1,10-14,16H2,2H3,(H,24,28). The zero-order valence-electron chi connectivity index (χ0n) is 17.5. The van der Waals surface area contributed by atoms with Crippen molar-refractivity contribution >= 4 is 21.6 Å². The molecule has 1 saturated heterocycles. The average molecular weight is 447 g/mol. The van der Waals surface area contributed by atoms with Gasteiger partial charge >= 0.3 is 0 Å². The fourth-order valence-corrected chi connectivity index (χ4v) is 4.49. The van der Waals surface area contributed by atoms with E-state index < -0.39 is 26.6 Å². The Labute approximate surface area is 182 Å². The molecular weight excluding hydrogens is 419 g/mol. The van der Waals surface area contributed by atoms with Gasteiger partial charge in [0.25, 0.3) is 5.91 Å². The summed E-state index contributed by atoms with van der Waals surface area (Å²) in [4.78, 5) is 16.7. The van der Waals surface area contributed by atoms with Gasteiger partial charge in [0.2, 0.25) is 10.0 Å². The molecule has 2 aromatic rings. The molecule has 3 rings (SSSR count). The lowest BCUT2D eigenvalue weighted by atomic mass is 10.1. The van der Waals surface area contributed by atoms with Gasteiger partial charge in [-0.05, 0) is 36.9 Å². The van der Waals surface area contributed by atoms with Crippen LogP contribution in [0.15, 0.2) is 60.0 Å². The number of benzene rings is 2. The normalized spacial score (nSPS) is 15.0. The minimum atomic E-state index is -4.09. The summed E-state index contributed by atoms with van der Waals surface area (Å²) in [5.41, 5.74) is 2.09. The van der Waals surface area contributed by atoms with Crippen molar-refractivity contribution in [1.29, 1.82) is 0 Å². The molecule has 0 saturated carbocycles. The number of carbonyl (C=O) groups is 1. The summed E-state index contributed by atoms with van der Waals surface area (Å²) < 4.78 is 40.9. The Morgan fingerprint density at radius 1 is 1.16 bits per heavy atom. The van der Waals surface area contributed by atoms with E-state index in [2.05, 4.69) is 33.5 Å². The third-order valence-corrected chi connectivity index (χ3v) is 6.61. The smallest absolute Gasteiger partial charge is 0.251 e. The van der Waals surface area contributed by atoms with E-state index in [1.54, 1.807) is 0 Å². The van der Waals surface area contributed by atoms with Gasteiger partial charge in [-0.1, -0.05) is 24.3 Å². The Bertz CT molecular complexity index is 1050. The predicted molar refractivity (Wildman–Crippen MR) is 119 cm³/mol. The van der Waals surface area contributed by atoms with Crippen LogP contribution in [0.4, 0.5) is 10.1 Å². The number of nitrogens with zero attached hydrogens (tertiary/aromatic N) is 2. The third-order valence-electron chi connectivity index (χ3n) is 5.18. The minimum Gasteiger partial charge on any atom is -0.369 e. The number of para-hydroxylation sites is 1. The number of hydrogen-bond donors (Lipinski definition) is 2. The summed E-state index contributed by atoms with van der Waals surface area (Å²) in [6, 6.07) is 11.1. The summed E-state index contributed by atoms with van der Waals surface area (Å²) in [5.74, 6) is -1.40. The van der Waals surface area contributed by atoms with Crippen molar-refractivity contribution in [3.63, 3.8) is 0 Å². The highest BCUT2D eigenvalue weighted by Gasteiger charge is 2.21. The highest BCUT2D eigenvalue weighted by molar-refractivity contribution is 7.89. The van der Waals surface area contributed by atoms with E-state index in [9.17, 15) is 17.6 Å². The molecular formula is C22H27FN4O3S. The number of rotatable bonds is 8. The number of sulfonamides is 1. The predicted octanol–water partition coefficient (Wildman–Crippen LogP) is 1.97. The lowest BCUT2D eigenvalue weighted by molar-refractivity contribution is 0.0950. The van der Waals surface area contributed by atoms with Crippen molar-refractivity contribution in [1.82, 2.24) is 14.9 Å². The van der Waals surface area contributed by atoms with Crippen molar-refractivity contribution in [2.24, 2.45) is 0 Å². The molecule has 0 unspecified atom stereocenters. The van der Waals surface area contributed by atoms with Gasteiger partial charge in [-0.2, -0.15) is 0 Å². The summed E-state index contributed by atoms with van der Waals surface area (Å²) in [6.07, 6.45) is 1.35. The van der Waals surface area contributed by atoms with Crippen LogP contribution in [0.25, 0.3) is 0 Å². The molecule has 0 bridgehead atoms. The molecule has 0 aromatic heterocycles. The first kappa shape index (κ1) is 22.9. The van der Waals surface area contributed by atoms with Crippen LogP contribution in [0.2, 0.25) is 0 Å². The highest BCUT2D eigenvalue weighted by atomic mass is 32.2. The molecule has 0 aliphatic carbocycles. The maximum absolute atomic E-state index is 14.1. The van der Waals surface area contributed by atoms with Gasteiger partial charge in [-0.3, -0.25) is 4.79 Å². The topological polar surface area (TPSA) is 81.7 Å². The molecule has 31 heavy (non-hydrogen) atoms. The lowest BCUT2D eigenvalue weighted by Crippen LogP contribution is -2.45. The lowest BCUT2D eigenvalue weighted by Gasteiger charge is -2.35. The molecule has 1 amide bonds. The van der Waals surface area contributed by atoms with Crippen LogP contribution in [0, 0.1) is 5.82 Å². The fourth-order valence-electron chi connectivity index (χ4n) is 3.39. The second-order valence-corrected chi connectivity index (χ2v) is 9.12. The maximum Gasteiger partial charge on any atom is 0.251 e. The monoisotopic (exact) mass is 446 g/mol. The summed E-state index contributed by atoms with van der Waals surface area (Å²) in [7, 11) is -2.00. The van der Waals surface area contributed by atoms with Gasteiger partial charge < -0.3 is 15.1 Å². The van der Waals surface area contributed by atoms with Crippen LogP contribution in [0.5, 0.6) is 0 Å². The molecule has 0 radical (unpaired) electrons. The van der Waals surface area contributed by atoms with Crippen LogP contribution in [-0.2, 0) is 16.6 Å². The highest BCUT2D eigenvalue weighted by Crippen LogP contribution is 2.22. The van der Waals surface area contributed by atoms with Gasteiger partial charge in [0.15, 0.2) is 0 Å². The van der Waals surface area contributed by atoms with Crippen LogP contribution >= 0.6 is 0 Å². The number of carbonyl (C=O) groups excluding carboxylic acids is 1. The Morgan fingerprint density at radius 2 is 1.87 bits per heavy atom. The number of anilines is 1. The molecule has 1 fully saturated rings. The van der Waals surface area contributed by atoms with E-state index in [1.807, 2.05) is 24.3 Å². The number of halogens is 1. The molecule has 2 aromatic carbocycles. The molecule has 1 heterocycles. The van der Waals surface area contributed by atoms with Crippen LogP contribution < -0.4 is 14.9 Å². The summed E-state index contributed by atoms with van der Waals surface area (Å²) in [6.45, 7) is 7.40. The Morgan fingerprint density at radius 3 is 2.58 bits per heavy atom. The van der Waals surface area contributed by atoms with E-state index in [4.69, 9.17) is 0 Å². The van der Waals surface area contributed by atoms with Crippen LogP contribution in [-0.4, -0.2) is 59.0 Å². The first-order valence-corrected chi connectivity index (χ1v) is 11.5. The van der Waals surface area contributed by atoms with Crippen molar-refractivity contribution in [3.8, 4) is 0 Å². The van der Waals surface area contributed by atoms with Gasteiger partial charge in [0, 0.05) is 50.5 Å².